The van der Waals surface area contributed by atoms with E-state index in [-0.39, 0.29) is 6.04 Å². The quantitative estimate of drug-likeness (QED) is 0.756. The number of aromatic nitrogens is 1. The van der Waals surface area contributed by atoms with E-state index in [1.54, 1.807) is 0 Å². The molecular formula is C18H23IN2. The molecule has 0 aliphatic rings. The van der Waals surface area contributed by atoms with Gasteiger partial charge in [0.1, 0.15) is 0 Å². The van der Waals surface area contributed by atoms with E-state index < -0.39 is 0 Å². The summed E-state index contributed by atoms with van der Waals surface area (Å²) < 4.78 is 1.33. The minimum atomic E-state index is -0.0772. The van der Waals surface area contributed by atoms with Crippen molar-refractivity contribution in [2.24, 2.45) is 5.73 Å². The predicted octanol–water partition coefficient (Wildman–Crippen LogP) is 4.56. The summed E-state index contributed by atoms with van der Waals surface area (Å²) in [4.78, 5) is 4.10. The Hall–Kier alpha value is -0.940. The largest absolute Gasteiger partial charge is 0.320 e. The zero-order valence-electron chi connectivity index (χ0n) is 13.0. The van der Waals surface area contributed by atoms with Gasteiger partial charge in [0, 0.05) is 16.0 Å². The molecule has 2 rings (SSSR count). The third-order valence-electron chi connectivity index (χ3n) is 3.97. The van der Waals surface area contributed by atoms with Crippen LogP contribution in [0, 0.1) is 10.5 Å². The molecule has 0 aliphatic carbocycles. The second-order valence-corrected chi connectivity index (χ2v) is 6.50. The van der Waals surface area contributed by atoms with Crippen molar-refractivity contribution < 1.29 is 0 Å². The van der Waals surface area contributed by atoms with Crippen LogP contribution in [0.2, 0.25) is 0 Å². The number of nitrogens with zero attached hydrogens (tertiary/aromatic N) is 1. The number of nitrogens with two attached hydrogens (primary N) is 1. The molecule has 3 heteroatoms. The van der Waals surface area contributed by atoms with Gasteiger partial charge < -0.3 is 5.73 Å². The summed E-state index contributed by atoms with van der Waals surface area (Å²) in [7, 11) is 0. The summed E-state index contributed by atoms with van der Waals surface area (Å²) in [6.45, 7) is 6.64. The summed E-state index contributed by atoms with van der Waals surface area (Å²) in [6.07, 6.45) is 6.90. The molecule has 0 saturated carbocycles. The molecule has 21 heavy (non-hydrogen) atoms. The fourth-order valence-electron chi connectivity index (χ4n) is 2.83. The van der Waals surface area contributed by atoms with E-state index in [2.05, 4.69) is 54.4 Å². The van der Waals surface area contributed by atoms with Crippen LogP contribution in [0.4, 0.5) is 0 Å². The zero-order valence-corrected chi connectivity index (χ0v) is 15.1. The number of hydrogen-bond acceptors (Lipinski definition) is 2. The number of halogens is 1. The maximum atomic E-state index is 6.61. The molecule has 2 nitrogen and oxygen atoms in total. The molecule has 1 aromatic heterocycles. The lowest BCUT2D eigenvalue weighted by atomic mass is 9.88. The van der Waals surface area contributed by atoms with Crippen LogP contribution in [0.15, 0.2) is 30.6 Å². The van der Waals surface area contributed by atoms with Gasteiger partial charge in [0.15, 0.2) is 0 Å². The summed E-state index contributed by atoms with van der Waals surface area (Å²) in [5, 5.41) is 0. The van der Waals surface area contributed by atoms with Crippen molar-refractivity contribution >= 4 is 22.6 Å². The second-order valence-electron chi connectivity index (χ2n) is 5.42. The first-order valence-electron chi connectivity index (χ1n) is 7.56. The van der Waals surface area contributed by atoms with Crippen molar-refractivity contribution in [1.29, 1.82) is 0 Å². The highest BCUT2D eigenvalue weighted by molar-refractivity contribution is 14.1. The number of rotatable bonds is 5. The van der Waals surface area contributed by atoms with Crippen LogP contribution < -0.4 is 5.73 Å². The third kappa shape index (κ3) is 3.46. The fourth-order valence-corrected chi connectivity index (χ4v) is 4.03. The van der Waals surface area contributed by atoms with Crippen LogP contribution >= 0.6 is 22.6 Å². The van der Waals surface area contributed by atoms with Gasteiger partial charge in [-0.15, -0.1) is 0 Å². The van der Waals surface area contributed by atoms with Crippen molar-refractivity contribution in [3.05, 3.63) is 62.0 Å². The Morgan fingerprint density at radius 3 is 2.48 bits per heavy atom. The molecule has 1 heterocycles. The molecule has 1 aromatic carbocycles. The van der Waals surface area contributed by atoms with E-state index in [4.69, 9.17) is 5.73 Å². The average Bonchev–Trinajstić information content (AvgIpc) is 2.51. The second kappa shape index (κ2) is 7.36. The molecule has 0 fully saturated rings. The average molecular weight is 394 g/mol. The Balaban J connectivity index is 2.61. The number of pyridine rings is 1. The maximum Gasteiger partial charge on any atom is 0.0566 e. The van der Waals surface area contributed by atoms with Crippen LogP contribution in [-0.2, 0) is 12.8 Å². The molecule has 0 saturated heterocycles. The number of aryl methyl sites for hydroxylation is 2. The Morgan fingerprint density at radius 1 is 1.24 bits per heavy atom. The minimum absolute atomic E-state index is 0.0772. The van der Waals surface area contributed by atoms with Crippen molar-refractivity contribution in [2.45, 2.75) is 46.1 Å². The maximum absolute atomic E-state index is 6.61. The lowest BCUT2D eigenvalue weighted by Gasteiger charge is -2.23. The molecule has 0 radical (unpaired) electrons. The highest BCUT2D eigenvalue weighted by atomic mass is 127. The van der Waals surface area contributed by atoms with E-state index >= 15 is 0 Å². The molecule has 2 N–H and O–H groups in total. The van der Waals surface area contributed by atoms with Crippen molar-refractivity contribution in [3.63, 3.8) is 0 Å². The van der Waals surface area contributed by atoms with Gasteiger partial charge in [0.05, 0.1) is 6.04 Å². The topological polar surface area (TPSA) is 38.9 Å². The Kier molecular flexibility index (Phi) is 5.76. The van der Waals surface area contributed by atoms with Crippen LogP contribution in [0.3, 0.4) is 0 Å². The highest BCUT2D eigenvalue weighted by Crippen LogP contribution is 2.33. The first-order chi connectivity index (χ1) is 10.1. The van der Waals surface area contributed by atoms with E-state index in [9.17, 15) is 0 Å². The smallest absolute Gasteiger partial charge is 0.0566 e. The van der Waals surface area contributed by atoms with Gasteiger partial charge in [-0.05, 0) is 82.3 Å². The SMILES string of the molecule is CCCc1c(C)cc(CC)c(I)c1C(N)c1ccncc1. The molecule has 2 aromatic rings. The Labute approximate surface area is 141 Å². The van der Waals surface area contributed by atoms with Crippen LogP contribution in [0.5, 0.6) is 0 Å². The highest BCUT2D eigenvalue weighted by Gasteiger charge is 2.20. The van der Waals surface area contributed by atoms with Gasteiger partial charge in [0.25, 0.3) is 0 Å². The molecule has 0 bridgehead atoms. The van der Waals surface area contributed by atoms with E-state index in [0.29, 0.717) is 0 Å². The predicted molar refractivity (Wildman–Crippen MR) is 97.5 cm³/mol. The van der Waals surface area contributed by atoms with Crippen LogP contribution in [-0.4, -0.2) is 4.98 Å². The summed E-state index contributed by atoms with van der Waals surface area (Å²) in [6, 6.07) is 6.29. The van der Waals surface area contributed by atoms with E-state index in [1.807, 2.05) is 24.5 Å². The van der Waals surface area contributed by atoms with E-state index in [1.165, 1.54) is 25.8 Å². The first kappa shape index (κ1) is 16.4. The normalized spacial score (nSPS) is 12.4. The summed E-state index contributed by atoms with van der Waals surface area (Å²) >= 11 is 2.47. The third-order valence-corrected chi connectivity index (χ3v) is 5.24. The molecule has 0 amide bonds. The van der Waals surface area contributed by atoms with Gasteiger partial charge in [0.2, 0.25) is 0 Å². The van der Waals surface area contributed by atoms with Crippen molar-refractivity contribution in [3.8, 4) is 0 Å². The number of benzene rings is 1. The Morgan fingerprint density at radius 2 is 1.90 bits per heavy atom. The monoisotopic (exact) mass is 394 g/mol. The lowest BCUT2D eigenvalue weighted by Crippen LogP contribution is -2.18. The molecule has 0 spiro atoms. The van der Waals surface area contributed by atoms with E-state index in [0.717, 1.165) is 24.8 Å². The van der Waals surface area contributed by atoms with Gasteiger partial charge in [-0.3, -0.25) is 4.98 Å². The zero-order chi connectivity index (χ0) is 15.4. The standard InChI is InChI=1S/C18H23IN2/c1-4-6-15-12(3)11-13(5-2)17(19)16(15)18(20)14-7-9-21-10-8-14/h7-11,18H,4-6,20H2,1-3H3. The molecule has 112 valence electrons. The molecule has 1 atom stereocenters. The molecule has 1 unspecified atom stereocenters. The molecular weight excluding hydrogens is 371 g/mol. The van der Waals surface area contributed by atoms with Gasteiger partial charge in [-0.2, -0.15) is 0 Å². The van der Waals surface area contributed by atoms with Crippen molar-refractivity contribution in [1.82, 2.24) is 4.98 Å². The number of hydrogen-bond donors (Lipinski definition) is 1. The lowest BCUT2D eigenvalue weighted by molar-refractivity contribution is 0.807. The molecule has 0 aliphatic heterocycles. The van der Waals surface area contributed by atoms with Crippen LogP contribution in [0.25, 0.3) is 0 Å². The first-order valence-corrected chi connectivity index (χ1v) is 8.64. The van der Waals surface area contributed by atoms with Gasteiger partial charge in [-0.25, -0.2) is 0 Å². The van der Waals surface area contributed by atoms with Gasteiger partial charge >= 0.3 is 0 Å². The fraction of sp³-hybridized carbons (Fsp3) is 0.389. The summed E-state index contributed by atoms with van der Waals surface area (Å²) in [5.74, 6) is 0. The summed E-state index contributed by atoms with van der Waals surface area (Å²) in [5.41, 5.74) is 13.2. The van der Waals surface area contributed by atoms with Crippen molar-refractivity contribution in [2.75, 3.05) is 0 Å². The van der Waals surface area contributed by atoms with Crippen LogP contribution in [0.1, 0.15) is 54.1 Å². The Bertz CT molecular complexity index is 608. The minimum Gasteiger partial charge on any atom is -0.320 e. The van der Waals surface area contributed by atoms with Gasteiger partial charge in [-0.1, -0.05) is 26.3 Å².